The van der Waals surface area contributed by atoms with Gasteiger partial charge >= 0.3 is 0 Å². The van der Waals surface area contributed by atoms with Gasteiger partial charge in [0.25, 0.3) is 5.91 Å². The molecule has 1 saturated heterocycles. The molecular weight excluding hydrogens is 343 g/mol. The van der Waals surface area contributed by atoms with Crippen LogP contribution >= 0.6 is 0 Å². The molecule has 2 heterocycles. The minimum Gasteiger partial charge on any atom is -0.451 e. The Balaban J connectivity index is 1.43. The fourth-order valence-electron chi connectivity index (χ4n) is 3.72. The van der Waals surface area contributed by atoms with Crippen LogP contribution in [-0.4, -0.2) is 41.9 Å². The van der Waals surface area contributed by atoms with Gasteiger partial charge in [0.15, 0.2) is 5.76 Å². The number of halogens is 1. The van der Waals surface area contributed by atoms with Crippen LogP contribution in [0.15, 0.2) is 46.9 Å². The van der Waals surface area contributed by atoms with Crippen LogP contribution in [0.25, 0.3) is 11.0 Å². The van der Waals surface area contributed by atoms with Crippen LogP contribution in [0.5, 0.6) is 0 Å². The van der Waals surface area contributed by atoms with Crippen molar-refractivity contribution in [2.24, 2.45) is 0 Å². The molecule has 3 aromatic rings. The lowest BCUT2D eigenvalue weighted by atomic mass is 10.1. The van der Waals surface area contributed by atoms with Gasteiger partial charge in [-0.3, -0.25) is 9.69 Å². The van der Waals surface area contributed by atoms with Crippen LogP contribution in [0, 0.1) is 19.7 Å². The van der Waals surface area contributed by atoms with Gasteiger partial charge in [-0.05, 0) is 37.6 Å². The molecule has 2 aromatic carbocycles. The van der Waals surface area contributed by atoms with E-state index in [0.29, 0.717) is 35.4 Å². The second kappa shape index (κ2) is 7.16. The quantitative estimate of drug-likeness (QED) is 0.699. The van der Waals surface area contributed by atoms with Crippen molar-refractivity contribution in [3.05, 3.63) is 70.7 Å². The van der Waals surface area contributed by atoms with Gasteiger partial charge < -0.3 is 9.32 Å². The second-order valence-corrected chi connectivity index (χ2v) is 7.25. The molecule has 0 atom stereocenters. The minimum absolute atomic E-state index is 0.112. The fraction of sp³-hybridized carbons (Fsp3) is 0.318. The van der Waals surface area contributed by atoms with Crippen molar-refractivity contribution in [2.45, 2.75) is 20.4 Å². The lowest BCUT2D eigenvalue weighted by molar-refractivity contribution is 0.0599. The maximum atomic E-state index is 13.5. The van der Waals surface area contributed by atoms with Gasteiger partial charge in [-0.1, -0.05) is 29.8 Å². The molecule has 1 fully saturated rings. The number of hydrogen-bond acceptors (Lipinski definition) is 3. The van der Waals surface area contributed by atoms with Crippen molar-refractivity contribution >= 4 is 16.9 Å². The summed E-state index contributed by atoms with van der Waals surface area (Å²) < 4.78 is 19.2. The smallest absolute Gasteiger partial charge is 0.289 e. The first-order chi connectivity index (χ1) is 13.0. The normalized spacial score (nSPS) is 15.4. The maximum Gasteiger partial charge on any atom is 0.289 e. The molecule has 1 aliphatic rings. The van der Waals surface area contributed by atoms with E-state index < -0.39 is 0 Å². The number of aryl methyl sites for hydroxylation is 2. The molecule has 4 nitrogen and oxygen atoms in total. The van der Waals surface area contributed by atoms with Gasteiger partial charge in [-0.2, -0.15) is 0 Å². The zero-order valence-electron chi connectivity index (χ0n) is 15.7. The Morgan fingerprint density at radius 1 is 1.07 bits per heavy atom. The van der Waals surface area contributed by atoms with Gasteiger partial charge in [0.2, 0.25) is 0 Å². The van der Waals surface area contributed by atoms with E-state index in [1.807, 2.05) is 11.8 Å². The van der Waals surface area contributed by atoms with E-state index in [1.165, 1.54) is 23.3 Å². The molecule has 0 unspecified atom stereocenters. The summed E-state index contributed by atoms with van der Waals surface area (Å²) in [5.41, 5.74) is 3.81. The fourth-order valence-corrected chi connectivity index (χ4v) is 3.72. The number of benzene rings is 2. The standard InChI is InChI=1S/C22H23FN2O2/c1-15-4-3-5-17(12-15)14-24-8-10-25(11-9-24)22(26)21-16(2)19-13-18(23)6-7-20(19)27-21/h3-7,12-13H,8-11,14H2,1-2H3. The number of hydrogen-bond donors (Lipinski definition) is 0. The summed E-state index contributed by atoms with van der Waals surface area (Å²) in [5, 5.41) is 0.663. The van der Waals surface area contributed by atoms with E-state index in [1.54, 1.807) is 6.07 Å². The SMILES string of the molecule is Cc1cccc(CN2CCN(C(=O)c3oc4ccc(F)cc4c3C)CC2)c1. The molecule has 27 heavy (non-hydrogen) atoms. The topological polar surface area (TPSA) is 36.7 Å². The van der Waals surface area contributed by atoms with Crippen molar-refractivity contribution in [3.8, 4) is 0 Å². The summed E-state index contributed by atoms with van der Waals surface area (Å²) in [6, 6.07) is 12.9. The number of nitrogens with zero attached hydrogens (tertiary/aromatic N) is 2. The Labute approximate surface area is 158 Å². The molecule has 1 aliphatic heterocycles. The first kappa shape index (κ1) is 17.7. The van der Waals surface area contributed by atoms with Crippen LogP contribution in [-0.2, 0) is 6.54 Å². The van der Waals surface area contributed by atoms with E-state index in [9.17, 15) is 9.18 Å². The van der Waals surface area contributed by atoms with Gasteiger partial charge in [-0.25, -0.2) is 4.39 Å². The van der Waals surface area contributed by atoms with Crippen LogP contribution < -0.4 is 0 Å². The van der Waals surface area contributed by atoms with E-state index >= 15 is 0 Å². The predicted octanol–water partition coefficient (Wildman–Crippen LogP) is 4.15. The van der Waals surface area contributed by atoms with Gasteiger partial charge in [-0.15, -0.1) is 0 Å². The van der Waals surface area contributed by atoms with Crippen molar-refractivity contribution in [3.63, 3.8) is 0 Å². The first-order valence-electron chi connectivity index (χ1n) is 9.27. The molecule has 0 bridgehead atoms. The number of carbonyl (C=O) groups excluding carboxylic acids is 1. The van der Waals surface area contributed by atoms with Gasteiger partial charge in [0.1, 0.15) is 11.4 Å². The second-order valence-electron chi connectivity index (χ2n) is 7.25. The van der Waals surface area contributed by atoms with Crippen LogP contribution in [0.3, 0.4) is 0 Å². The maximum absolute atomic E-state index is 13.5. The number of piperazine rings is 1. The molecule has 1 aromatic heterocycles. The Hall–Kier alpha value is -2.66. The van der Waals surface area contributed by atoms with Crippen LogP contribution in [0.1, 0.15) is 27.2 Å². The third-order valence-electron chi connectivity index (χ3n) is 5.24. The van der Waals surface area contributed by atoms with E-state index in [4.69, 9.17) is 4.42 Å². The Kier molecular flexibility index (Phi) is 4.70. The predicted molar refractivity (Wildman–Crippen MR) is 103 cm³/mol. The van der Waals surface area contributed by atoms with E-state index in [0.717, 1.165) is 19.6 Å². The minimum atomic E-state index is -0.324. The van der Waals surface area contributed by atoms with Crippen molar-refractivity contribution < 1.29 is 13.6 Å². The highest BCUT2D eigenvalue weighted by Gasteiger charge is 2.26. The number of carbonyl (C=O) groups is 1. The summed E-state index contributed by atoms with van der Waals surface area (Å²) in [4.78, 5) is 17.1. The molecule has 4 rings (SSSR count). The molecule has 0 N–H and O–H groups in total. The monoisotopic (exact) mass is 366 g/mol. The molecule has 0 saturated carbocycles. The summed E-state index contributed by atoms with van der Waals surface area (Å²) in [7, 11) is 0. The molecular formula is C22H23FN2O2. The summed E-state index contributed by atoms with van der Waals surface area (Å²) >= 11 is 0. The Morgan fingerprint density at radius 2 is 1.85 bits per heavy atom. The molecule has 0 spiro atoms. The van der Waals surface area contributed by atoms with Crippen molar-refractivity contribution in [1.29, 1.82) is 0 Å². The number of fused-ring (bicyclic) bond motifs is 1. The third kappa shape index (κ3) is 3.60. The highest BCUT2D eigenvalue weighted by atomic mass is 19.1. The number of rotatable bonds is 3. The summed E-state index contributed by atoms with van der Waals surface area (Å²) in [5.74, 6) is -0.114. The lowest BCUT2D eigenvalue weighted by Crippen LogP contribution is -2.48. The molecule has 1 amide bonds. The molecule has 140 valence electrons. The molecule has 5 heteroatoms. The third-order valence-corrected chi connectivity index (χ3v) is 5.24. The Morgan fingerprint density at radius 3 is 2.59 bits per heavy atom. The highest BCUT2D eigenvalue weighted by molar-refractivity contribution is 5.99. The van der Waals surface area contributed by atoms with E-state index in [-0.39, 0.29) is 11.7 Å². The zero-order valence-corrected chi connectivity index (χ0v) is 15.7. The highest BCUT2D eigenvalue weighted by Crippen LogP contribution is 2.27. The average molecular weight is 366 g/mol. The number of amides is 1. The van der Waals surface area contributed by atoms with Crippen molar-refractivity contribution in [1.82, 2.24) is 9.80 Å². The Bertz CT molecular complexity index is 987. The zero-order chi connectivity index (χ0) is 19.0. The largest absolute Gasteiger partial charge is 0.451 e. The van der Waals surface area contributed by atoms with Gasteiger partial charge in [0, 0.05) is 43.7 Å². The molecule has 0 radical (unpaired) electrons. The summed E-state index contributed by atoms with van der Waals surface area (Å²) in [6.45, 7) is 7.78. The van der Waals surface area contributed by atoms with Gasteiger partial charge in [0.05, 0.1) is 0 Å². The molecule has 0 aliphatic carbocycles. The van der Waals surface area contributed by atoms with Crippen LogP contribution in [0.2, 0.25) is 0 Å². The van der Waals surface area contributed by atoms with Crippen LogP contribution in [0.4, 0.5) is 4.39 Å². The summed E-state index contributed by atoms with van der Waals surface area (Å²) in [6.07, 6.45) is 0. The first-order valence-corrected chi connectivity index (χ1v) is 9.27. The average Bonchev–Trinajstić information content (AvgIpc) is 2.98. The number of furan rings is 1. The van der Waals surface area contributed by atoms with Crippen molar-refractivity contribution in [2.75, 3.05) is 26.2 Å². The van der Waals surface area contributed by atoms with E-state index in [2.05, 4.69) is 36.1 Å². The lowest BCUT2D eigenvalue weighted by Gasteiger charge is -2.34.